The molecule has 260 valence electrons. The number of carbonyl (C=O) groups excluding carboxylic acids is 4. The number of carbonyl (C=O) groups is 4. The molecule has 4 amide bonds. The maximum Gasteiger partial charge on any atom is 0.414 e. The van der Waals surface area contributed by atoms with Gasteiger partial charge in [-0.3, -0.25) is 14.4 Å². The van der Waals surface area contributed by atoms with Gasteiger partial charge >= 0.3 is 6.09 Å². The molecule has 2 saturated heterocycles. The number of ether oxygens (including phenoxy) is 3. The number of likely N-dealkylation sites (tertiary alicyclic amines) is 1. The lowest BCUT2D eigenvalue weighted by Gasteiger charge is -2.37. The molecule has 1 aromatic heterocycles. The fourth-order valence-electron chi connectivity index (χ4n) is 6.29. The molecule has 0 bridgehead atoms. The van der Waals surface area contributed by atoms with E-state index in [4.69, 9.17) is 14.2 Å². The molecule has 3 heterocycles. The van der Waals surface area contributed by atoms with Gasteiger partial charge in [-0.15, -0.1) is 5.10 Å². The molecule has 6 rings (SSSR count). The molecule has 1 saturated carbocycles. The van der Waals surface area contributed by atoms with E-state index < -0.39 is 18.2 Å². The van der Waals surface area contributed by atoms with Crippen LogP contribution in [0.4, 0.5) is 10.5 Å². The Bertz CT molecular complexity index is 1640. The Morgan fingerprint density at radius 3 is 2.37 bits per heavy atom. The topological polar surface area (TPSA) is 148 Å². The summed E-state index contributed by atoms with van der Waals surface area (Å²) in [5.74, 6) is 0.220. The van der Waals surface area contributed by atoms with E-state index in [0.29, 0.717) is 44.8 Å². The fraction of sp³-hybridized carbons (Fsp3) is 0.457. The number of hydrogen-bond acceptors (Lipinski definition) is 9. The van der Waals surface area contributed by atoms with Crippen molar-refractivity contribution >= 4 is 29.5 Å². The average molecular weight is 674 g/mol. The molecule has 2 N–H and O–H groups in total. The zero-order chi connectivity index (χ0) is 34.3. The van der Waals surface area contributed by atoms with E-state index in [-0.39, 0.29) is 42.1 Å². The zero-order valence-corrected chi connectivity index (χ0v) is 27.9. The van der Waals surface area contributed by atoms with Crippen molar-refractivity contribution in [2.24, 2.45) is 0 Å². The maximum atomic E-state index is 13.2. The summed E-state index contributed by atoms with van der Waals surface area (Å²) < 4.78 is 18.1. The first-order chi connectivity index (χ1) is 23.8. The SMILES string of the molecule is COc1cccc(N2CCN(C(=O)[C@H](C)NC(=O)Oc3cc(OCC(=O)N4CCC[C@H]4C(=O)NC4CCC4)n(-c4ccccc4)n3)CC2)c1. The van der Waals surface area contributed by atoms with E-state index in [1.807, 2.05) is 42.5 Å². The van der Waals surface area contributed by atoms with Crippen LogP contribution in [0.25, 0.3) is 5.69 Å². The van der Waals surface area contributed by atoms with Crippen LogP contribution in [0, 0.1) is 0 Å². The highest BCUT2D eigenvalue weighted by molar-refractivity contribution is 5.89. The van der Waals surface area contributed by atoms with E-state index in [1.165, 1.54) is 10.7 Å². The predicted octanol–water partition coefficient (Wildman–Crippen LogP) is 2.75. The molecule has 1 aliphatic carbocycles. The number of methoxy groups -OCH3 is 1. The smallest absolute Gasteiger partial charge is 0.414 e. The number of amides is 4. The van der Waals surface area contributed by atoms with Gasteiger partial charge in [0.2, 0.25) is 23.6 Å². The van der Waals surface area contributed by atoms with E-state index in [1.54, 1.807) is 36.0 Å². The number of aromatic nitrogens is 2. The van der Waals surface area contributed by atoms with E-state index in [2.05, 4.69) is 20.6 Å². The average Bonchev–Trinajstić information content (AvgIpc) is 3.76. The van der Waals surface area contributed by atoms with Crippen LogP contribution < -0.4 is 29.7 Å². The van der Waals surface area contributed by atoms with Crippen molar-refractivity contribution in [3.8, 4) is 23.2 Å². The molecule has 14 nitrogen and oxygen atoms in total. The first kappa shape index (κ1) is 33.6. The Morgan fingerprint density at radius 1 is 0.898 bits per heavy atom. The monoisotopic (exact) mass is 673 g/mol. The summed E-state index contributed by atoms with van der Waals surface area (Å²) in [5.41, 5.74) is 1.64. The Hall–Kier alpha value is -5.27. The van der Waals surface area contributed by atoms with Crippen molar-refractivity contribution in [3.05, 3.63) is 60.7 Å². The molecule has 2 aromatic carbocycles. The Kier molecular flexibility index (Phi) is 10.5. The zero-order valence-electron chi connectivity index (χ0n) is 27.9. The molecule has 14 heteroatoms. The molecule has 0 spiro atoms. The Balaban J connectivity index is 1.04. The lowest BCUT2D eigenvalue weighted by Crippen LogP contribution is -2.54. The van der Waals surface area contributed by atoms with Crippen molar-refractivity contribution in [2.75, 3.05) is 51.3 Å². The molecular formula is C35H43N7O7. The third-order valence-corrected chi connectivity index (χ3v) is 9.24. The molecule has 3 fully saturated rings. The highest BCUT2D eigenvalue weighted by Gasteiger charge is 2.36. The molecule has 2 aliphatic heterocycles. The van der Waals surface area contributed by atoms with Crippen LogP contribution in [0.1, 0.15) is 39.0 Å². The standard InChI is InChI=1S/C35H43N7O7/c1-24(34(45)40-19-17-39(18-20-40)27-13-7-14-28(21-27)47-2)36-35(46)49-30-22-32(42(38-30)26-11-4-3-5-12-26)48-23-31(43)41-16-8-15-29(41)33(44)37-25-9-6-10-25/h3-5,7,11-14,21-22,24-25,29H,6,8-10,15-20,23H2,1-2H3,(H,36,46)(H,37,44)/t24-,29-/m0/s1. The number of nitrogens with one attached hydrogen (secondary N) is 2. The minimum atomic E-state index is -0.853. The van der Waals surface area contributed by atoms with Crippen molar-refractivity contribution in [1.82, 2.24) is 30.2 Å². The van der Waals surface area contributed by atoms with Crippen LogP contribution in [-0.4, -0.2) is 108 Å². The summed E-state index contributed by atoms with van der Waals surface area (Å²) in [6.45, 7) is 4.05. The van der Waals surface area contributed by atoms with Gasteiger partial charge < -0.3 is 39.5 Å². The highest BCUT2D eigenvalue weighted by atomic mass is 16.6. The minimum absolute atomic E-state index is 0.0747. The van der Waals surface area contributed by atoms with Crippen molar-refractivity contribution in [2.45, 2.75) is 57.2 Å². The largest absolute Gasteiger partial charge is 0.497 e. The molecule has 3 aromatic rings. The highest BCUT2D eigenvalue weighted by Crippen LogP contribution is 2.26. The van der Waals surface area contributed by atoms with Crippen LogP contribution in [-0.2, 0) is 14.4 Å². The van der Waals surface area contributed by atoms with Gasteiger partial charge in [-0.1, -0.05) is 24.3 Å². The Morgan fingerprint density at radius 2 is 1.65 bits per heavy atom. The third-order valence-electron chi connectivity index (χ3n) is 9.24. The van der Waals surface area contributed by atoms with Crippen molar-refractivity contribution in [3.63, 3.8) is 0 Å². The lowest BCUT2D eigenvalue weighted by atomic mass is 9.93. The summed E-state index contributed by atoms with van der Waals surface area (Å²) in [6.07, 6.45) is 3.55. The van der Waals surface area contributed by atoms with Gasteiger partial charge in [-0.2, -0.15) is 4.68 Å². The summed E-state index contributed by atoms with van der Waals surface area (Å²) in [6, 6.07) is 17.1. The lowest BCUT2D eigenvalue weighted by molar-refractivity contribution is -0.140. The quantitative estimate of drug-likeness (QED) is 0.314. The van der Waals surface area contributed by atoms with E-state index in [9.17, 15) is 19.2 Å². The number of hydrogen-bond donors (Lipinski definition) is 2. The van der Waals surface area contributed by atoms with Gasteiger partial charge in [0.05, 0.1) is 18.9 Å². The van der Waals surface area contributed by atoms with Crippen LogP contribution in [0.15, 0.2) is 60.7 Å². The summed E-state index contributed by atoms with van der Waals surface area (Å²) in [5, 5.41) is 10.0. The van der Waals surface area contributed by atoms with Crippen molar-refractivity contribution < 1.29 is 33.4 Å². The van der Waals surface area contributed by atoms with Crippen molar-refractivity contribution in [1.29, 1.82) is 0 Å². The van der Waals surface area contributed by atoms with Gasteiger partial charge in [0.15, 0.2) is 6.61 Å². The second-order valence-electron chi connectivity index (χ2n) is 12.5. The van der Waals surface area contributed by atoms with Gasteiger partial charge in [0, 0.05) is 50.5 Å². The molecule has 0 unspecified atom stereocenters. The van der Waals surface area contributed by atoms with Gasteiger partial charge in [0.25, 0.3) is 5.91 Å². The number of para-hydroxylation sites is 1. The molecule has 49 heavy (non-hydrogen) atoms. The van der Waals surface area contributed by atoms with Crippen LogP contribution in [0.2, 0.25) is 0 Å². The van der Waals surface area contributed by atoms with Gasteiger partial charge in [-0.05, 0) is 63.3 Å². The first-order valence-electron chi connectivity index (χ1n) is 16.8. The second-order valence-corrected chi connectivity index (χ2v) is 12.5. The maximum absolute atomic E-state index is 13.2. The van der Waals surface area contributed by atoms with Crippen LogP contribution in [0.5, 0.6) is 17.5 Å². The summed E-state index contributed by atoms with van der Waals surface area (Å²) in [7, 11) is 1.63. The van der Waals surface area contributed by atoms with Crippen LogP contribution in [0.3, 0.4) is 0 Å². The second kappa shape index (κ2) is 15.3. The molecular weight excluding hydrogens is 630 g/mol. The minimum Gasteiger partial charge on any atom is -0.497 e. The molecule has 0 radical (unpaired) electrons. The first-order valence-corrected chi connectivity index (χ1v) is 16.8. The van der Waals surface area contributed by atoms with E-state index in [0.717, 1.165) is 37.1 Å². The van der Waals surface area contributed by atoms with Gasteiger partial charge in [0.1, 0.15) is 17.8 Å². The molecule has 2 atom stereocenters. The number of rotatable bonds is 11. The summed E-state index contributed by atoms with van der Waals surface area (Å²) >= 11 is 0. The third kappa shape index (κ3) is 8.07. The predicted molar refractivity (Wildman–Crippen MR) is 180 cm³/mol. The summed E-state index contributed by atoms with van der Waals surface area (Å²) in [4.78, 5) is 57.6. The van der Waals surface area contributed by atoms with Gasteiger partial charge in [-0.25, -0.2) is 4.79 Å². The number of benzene rings is 2. The normalized spacial score (nSPS) is 18.3. The number of anilines is 1. The number of nitrogens with zero attached hydrogens (tertiary/aromatic N) is 5. The molecule has 3 aliphatic rings. The number of piperazine rings is 1. The van der Waals surface area contributed by atoms with E-state index >= 15 is 0 Å². The van der Waals surface area contributed by atoms with Crippen LogP contribution >= 0.6 is 0 Å². The Labute approximate surface area is 285 Å². The fourth-order valence-corrected chi connectivity index (χ4v) is 6.29.